The number of amides is 3. The summed E-state index contributed by atoms with van der Waals surface area (Å²) in [5, 5.41) is 29.8. The Balaban J connectivity index is 0.000000376. The summed E-state index contributed by atoms with van der Waals surface area (Å²) in [5.41, 5.74) is 4.04. The number of benzene rings is 4. The number of carboxylic acid groups (broad SMARTS) is 1. The second-order valence-corrected chi connectivity index (χ2v) is 23.1. The molecule has 0 radical (unpaired) electrons. The minimum absolute atomic E-state index is 0. The molecule has 0 bridgehead atoms. The minimum Gasteiger partial charge on any atom is -0.870 e. The fraction of sp³-hybridized carbons (Fsp3) is 0.291. The van der Waals surface area contributed by atoms with E-state index in [-0.39, 0.29) is 42.3 Å². The monoisotopic (exact) mass is 1250 g/mol. The third-order valence-corrected chi connectivity index (χ3v) is 10.2. The maximum Gasteiger partial charge on any atom is 1.00 e. The summed E-state index contributed by atoms with van der Waals surface area (Å²) in [7, 11) is 7.36. The largest absolute Gasteiger partial charge is 1.00 e. The van der Waals surface area contributed by atoms with Crippen LogP contribution in [0.4, 0.5) is 37.1 Å². The molecule has 8 rings (SSSR count). The minimum atomic E-state index is -1.67. The van der Waals surface area contributed by atoms with Gasteiger partial charge in [-0.2, -0.15) is 0 Å². The number of nitro groups is 1. The summed E-state index contributed by atoms with van der Waals surface area (Å²) in [6, 6.07) is 26.3. The Labute approximate surface area is 514 Å². The Bertz CT molecular complexity index is 3570. The van der Waals surface area contributed by atoms with E-state index in [2.05, 4.69) is 57.3 Å². The van der Waals surface area contributed by atoms with Crippen molar-refractivity contribution in [1.29, 1.82) is 0 Å². The molecule has 4 aromatic heterocycles. The van der Waals surface area contributed by atoms with E-state index in [1.165, 1.54) is 18.2 Å². The van der Waals surface area contributed by atoms with Gasteiger partial charge < -0.3 is 54.2 Å². The van der Waals surface area contributed by atoms with Crippen molar-refractivity contribution in [3.8, 4) is 0 Å². The molecule has 3 amide bonds. The number of halogens is 3. The van der Waals surface area contributed by atoms with Crippen LogP contribution in [0.2, 0.25) is 0 Å². The molecule has 0 spiro atoms. The van der Waals surface area contributed by atoms with Gasteiger partial charge in [-0.05, 0) is 173 Å². The fourth-order valence-corrected chi connectivity index (χ4v) is 7.09. The number of anilines is 3. The third-order valence-electron chi connectivity index (χ3n) is 10.0. The molecule has 30 heteroatoms. The standard InChI is InChI=1S/C16H20N2O4.C14H15ClN2O3.C14H16N2O4.C11H10N2O4.Cl2OS.Li.H2O/c1-5-21-14(19)13-9-10-8-11(6-7-12(10)18-13)17-15(20)22-16(2,3)4;1-14(2,3)20-13(19)16-9-4-5-10-8(6-9)7-11(17-10)12(15)18;1-14(2,3)20-13(19)15-9-4-5-10-8(6-9)7-11(16-10)12(17)18;1-2-17-11(14)10-6-7-5-8(13(15)16)3-4-9(7)12-10;1-4(2)3;;/h6-9,18H,5H2,1-4H3,(H,17,20);4-7,17H,1-3H3,(H,16,19);4-7,16H,1-3H3,(H,15,19)(H,17,18);3-6,12H,2H2,1H3;;;1H2/q;;;;;+1;/p-1. The zero-order valence-electron chi connectivity index (χ0n) is 48.2. The first-order valence-electron chi connectivity index (χ1n) is 24.8. The molecule has 0 fully saturated rings. The summed E-state index contributed by atoms with van der Waals surface area (Å²) < 4.78 is 34.4. The molecule has 4 aromatic carbocycles. The van der Waals surface area contributed by atoms with E-state index < -0.39 is 72.4 Å². The summed E-state index contributed by atoms with van der Waals surface area (Å²) in [5.74, 6) is -1.89. The number of nitrogens with one attached hydrogen (secondary N) is 7. The van der Waals surface area contributed by atoms with Crippen molar-refractivity contribution in [2.45, 2.75) is 93.0 Å². The Morgan fingerprint density at radius 3 is 1.11 bits per heavy atom. The zero-order valence-corrected chi connectivity index (χ0v) is 51.2. The van der Waals surface area contributed by atoms with E-state index >= 15 is 0 Å². The van der Waals surface area contributed by atoms with Crippen molar-refractivity contribution in [2.75, 3.05) is 29.2 Å². The molecule has 0 aliphatic heterocycles. The van der Waals surface area contributed by atoms with E-state index in [0.29, 0.717) is 62.6 Å². The van der Waals surface area contributed by atoms with Crippen LogP contribution >= 0.6 is 33.0 Å². The predicted molar refractivity (Wildman–Crippen MR) is 320 cm³/mol. The first-order chi connectivity index (χ1) is 38.6. The van der Waals surface area contributed by atoms with Crippen LogP contribution in [0.1, 0.15) is 118 Å². The molecule has 0 aliphatic rings. The fourth-order valence-electron chi connectivity index (χ4n) is 6.99. The Morgan fingerprint density at radius 1 is 0.529 bits per heavy atom. The maximum atomic E-state index is 11.7. The van der Waals surface area contributed by atoms with E-state index in [0.717, 1.165) is 21.8 Å². The molecule has 9 N–H and O–H groups in total. The van der Waals surface area contributed by atoms with Crippen molar-refractivity contribution in [1.82, 2.24) is 19.9 Å². The van der Waals surface area contributed by atoms with Gasteiger partial charge in [-0.3, -0.25) is 30.9 Å². The van der Waals surface area contributed by atoms with Crippen LogP contribution in [0.5, 0.6) is 0 Å². The van der Waals surface area contributed by atoms with E-state index in [9.17, 15) is 43.7 Å². The van der Waals surface area contributed by atoms with Gasteiger partial charge in [0.05, 0.1) is 23.8 Å². The number of H-pyrrole nitrogens is 4. The third kappa shape index (κ3) is 25.0. The Hall–Kier alpha value is -8.09. The maximum absolute atomic E-state index is 11.7. The molecule has 0 saturated carbocycles. The number of nitro benzene ring substituents is 1. The number of carbonyl (C=O) groups is 7. The van der Waals surface area contributed by atoms with Gasteiger partial charge in [0.25, 0.3) is 10.9 Å². The quantitative estimate of drug-likeness (QED) is 0.0157. The number of fused-ring (bicyclic) bond motifs is 4. The normalized spacial score (nSPS) is 10.8. The number of hydrogen-bond acceptors (Lipinski definition) is 16. The van der Waals surface area contributed by atoms with E-state index in [4.69, 9.17) is 44.6 Å². The smallest absolute Gasteiger partial charge is 0.870 e. The molecule has 8 aromatic rings. The van der Waals surface area contributed by atoms with Crippen LogP contribution in [-0.2, 0) is 32.9 Å². The number of non-ortho nitro benzene ring substituents is 1. The number of aromatic nitrogens is 4. The second kappa shape index (κ2) is 32.3. The summed E-state index contributed by atoms with van der Waals surface area (Å²) in [6.07, 6.45) is -1.60. The number of ether oxygens (including phenoxy) is 5. The summed E-state index contributed by atoms with van der Waals surface area (Å²) in [4.78, 5) is 102. The first-order valence-corrected chi connectivity index (χ1v) is 28.0. The SMILES string of the molecule is CC(C)(C)OC(=O)Nc1ccc2[nH]c(C(=O)Cl)cc2c1.CC(C)(C)OC(=O)Nc1ccc2[nH]c(C(=O)O)cc2c1.CCOC(=O)c1cc2cc(NC(=O)OC(C)(C)C)ccc2[nH]1.CCOC(=O)c1cc2cc([N+](=O)[O-])ccc2[nH]1.O=S(Cl)Cl.[Li+].[OH-]. The van der Waals surface area contributed by atoms with Crippen LogP contribution in [0.15, 0.2) is 97.1 Å². The van der Waals surface area contributed by atoms with E-state index in [1.807, 2.05) is 0 Å². The summed E-state index contributed by atoms with van der Waals surface area (Å²) >= 11 is 5.41. The van der Waals surface area contributed by atoms with E-state index in [1.54, 1.807) is 155 Å². The Kier molecular flexibility index (Phi) is 27.7. The van der Waals surface area contributed by atoms with Crippen molar-refractivity contribution in [2.24, 2.45) is 0 Å². The number of hydrogen-bond donors (Lipinski definition) is 8. The van der Waals surface area contributed by atoms with Gasteiger partial charge in [0.15, 0.2) is 0 Å². The molecule has 0 saturated heterocycles. The molecule has 85 heavy (non-hydrogen) atoms. The number of esters is 2. The Morgan fingerprint density at radius 2 is 0.812 bits per heavy atom. The van der Waals surface area contributed by atoms with Gasteiger partial charge in [-0.15, -0.1) is 0 Å². The number of carbonyl (C=O) groups excluding carboxylic acids is 6. The zero-order chi connectivity index (χ0) is 62.1. The van der Waals surface area contributed by atoms with Gasteiger partial charge in [-0.25, -0.2) is 33.0 Å². The molecule has 0 aliphatic carbocycles. The van der Waals surface area contributed by atoms with Crippen LogP contribution in [-0.4, -0.2) is 111 Å². The topological polar surface area (TPSA) is 375 Å². The molecule has 0 atom stereocenters. The number of nitrogens with zero attached hydrogens (tertiary/aromatic N) is 1. The van der Waals surface area contributed by atoms with Gasteiger partial charge in [0.2, 0.25) is 9.23 Å². The predicted octanol–water partition coefficient (Wildman–Crippen LogP) is 10.9. The molecule has 25 nitrogen and oxygen atoms in total. The number of carboxylic acids is 1. The van der Waals surface area contributed by atoms with Crippen molar-refractivity contribution < 1.29 is 95.8 Å². The molecule has 452 valence electrons. The molecular weight excluding hydrogens is 1190 g/mol. The van der Waals surface area contributed by atoms with Crippen molar-refractivity contribution in [3.05, 3.63) is 130 Å². The van der Waals surface area contributed by atoms with Crippen LogP contribution in [0, 0.1) is 10.1 Å². The average Bonchev–Trinajstić information content (AvgIpc) is 4.35. The number of rotatable bonds is 10. The van der Waals surface area contributed by atoms with Crippen LogP contribution in [0.3, 0.4) is 0 Å². The van der Waals surface area contributed by atoms with Crippen molar-refractivity contribution >= 4 is 150 Å². The van der Waals surface area contributed by atoms with Gasteiger partial charge >= 0.3 is 55.0 Å². The summed E-state index contributed by atoms with van der Waals surface area (Å²) in [6.45, 7) is 20.2. The van der Waals surface area contributed by atoms with Crippen molar-refractivity contribution in [3.63, 3.8) is 0 Å². The van der Waals surface area contributed by atoms with Crippen LogP contribution in [0.25, 0.3) is 43.6 Å². The number of aromatic amines is 4. The average molecular weight is 1250 g/mol. The molecule has 0 unspecified atom stereocenters. The van der Waals surface area contributed by atoms with Gasteiger partial charge in [0.1, 0.15) is 33.9 Å². The number of aromatic carboxylic acids is 1. The molecule has 4 heterocycles. The van der Waals surface area contributed by atoms with Gasteiger partial charge in [0, 0.05) is 94.2 Å². The molecular formula is C55H62Cl3LiN8O17S. The van der Waals surface area contributed by atoms with Gasteiger partial charge in [-0.1, -0.05) is 0 Å². The van der Waals surface area contributed by atoms with Crippen LogP contribution < -0.4 is 34.8 Å². The first kappa shape index (κ1) is 73.0. The second-order valence-electron chi connectivity index (χ2n) is 20.3.